The fourth-order valence-corrected chi connectivity index (χ4v) is 4.17. The van der Waals surface area contributed by atoms with Gasteiger partial charge in [-0.1, -0.05) is 11.8 Å². The molecule has 0 spiro atoms. The first kappa shape index (κ1) is 16.9. The fraction of sp³-hybridized carbons (Fsp3) is 0.526. The lowest BCUT2D eigenvalue weighted by molar-refractivity contribution is -0.115. The number of hydrogen-bond acceptors (Lipinski definition) is 6. The first-order chi connectivity index (χ1) is 13.2. The Bertz CT molecular complexity index is 876. The molecule has 0 bridgehead atoms. The van der Waals surface area contributed by atoms with Crippen LogP contribution in [0.15, 0.2) is 23.4 Å². The fourth-order valence-electron chi connectivity index (χ4n) is 3.24. The molecule has 3 aliphatic rings. The van der Waals surface area contributed by atoms with Gasteiger partial charge in [-0.15, -0.1) is 10.2 Å². The summed E-state index contributed by atoms with van der Waals surface area (Å²) in [6.07, 6.45) is 4.78. The Morgan fingerprint density at radius 2 is 1.96 bits per heavy atom. The van der Waals surface area contributed by atoms with E-state index in [2.05, 4.69) is 20.1 Å². The van der Waals surface area contributed by atoms with Gasteiger partial charge in [0, 0.05) is 23.7 Å². The molecule has 0 radical (unpaired) electrons. The quantitative estimate of drug-likeness (QED) is 0.767. The first-order valence-corrected chi connectivity index (χ1v) is 10.4. The largest absolute Gasteiger partial charge is 0.486 e. The first-order valence-electron chi connectivity index (χ1n) is 9.51. The molecule has 0 saturated heterocycles. The molecule has 1 aromatic heterocycles. The van der Waals surface area contributed by atoms with Crippen LogP contribution in [0.25, 0.3) is 0 Å². The highest BCUT2D eigenvalue weighted by molar-refractivity contribution is 8.00. The van der Waals surface area contributed by atoms with Gasteiger partial charge >= 0.3 is 0 Å². The van der Waals surface area contributed by atoms with Crippen LogP contribution < -0.4 is 14.8 Å². The number of aromatic nitrogens is 3. The Labute approximate surface area is 161 Å². The van der Waals surface area contributed by atoms with E-state index in [0.29, 0.717) is 42.4 Å². The maximum absolute atomic E-state index is 12.7. The van der Waals surface area contributed by atoms with Crippen molar-refractivity contribution in [3.05, 3.63) is 24.0 Å². The standard InChI is InChI=1S/C19H22N4O3S/c1-11(18(24)20-13-4-7-15-16(10-13)26-9-8-25-15)27-19-22-21-17(12-2-3-12)23(19)14-5-6-14/h4,7,10-12,14H,2-3,5-6,8-9H2,1H3,(H,20,24)/t11-/m1/s1. The van der Waals surface area contributed by atoms with Crippen LogP contribution in [0.1, 0.15) is 50.4 Å². The summed E-state index contributed by atoms with van der Waals surface area (Å²) in [5.41, 5.74) is 0.707. The minimum atomic E-state index is -0.271. The molecule has 2 heterocycles. The van der Waals surface area contributed by atoms with Gasteiger partial charge in [-0.3, -0.25) is 4.79 Å². The zero-order chi connectivity index (χ0) is 18.4. The minimum Gasteiger partial charge on any atom is -0.486 e. The molecular formula is C19H22N4O3S. The van der Waals surface area contributed by atoms with Crippen molar-refractivity contribution >= 4 is 23.4 Å². The van der Waals surface area contributed by atoms with E-state index in [1.54, 1.807) is 0 Å². The van der Waals surface area contributed by atoms with Crippen LogP contribution >= 0.6 is 11.8 Å². The lowest BCUT2D eigenvalue weighted by Gasteiger charge is -2.19. The third-order valence-electron chi connectivity index (χ3n) is 5.01. The molecule has 5 rings (SSSR count). The van der Waals surface area contributed by atoms with Crippen molar-refractivity contribution in [3.63, 3.8) is 0 Å². The number of rotatable bonds is 6. The van der Waals surface area contributed by atoms with E-state index in [9.17, 15) is 4.79 Å². The number of fused-ring (bicyclic) bond motifs is 1. The lowest BCUT2D eigenvalue weighted by Crippen LogP contribution is -2.23. The molecule has 2 saturated carbocycles. The van der Waals surface area contributed by atoms with E-state index < -0.39 is 0 Å². The number of benzene rings is 1. The molecule has 8 heteroatoms. The number of nitrogens with zero attached hydrogens (tertiary/aromatic N) is 3. The number of ether oxygens (including phenoxy) is 2. The normalized spacial score (nSPS) is 19.6. The number of anilines is 1. The summed E-state index contributed by atoms with van der Waals surface area (Å²) in [5, 5.41) is 12.4. The molecule has 1 N–H and O–H groups in total. The van der Waals surface area contributed by atoms with Crippen molar-refractivity contribution in [2.75, 3.05) is 18.5 Å². The molecule has 2 aliphatic carbocycles. The van der Waals surface area contributed by atoms with E-state index in [-0.39, 0.29) is 11.2 Å². The van der Waals surface area contributed by atoms with Gasteiger partial charge < -0.3 is 19.4 Å². The molecule has 27 heavy (non-hydrogen) atoms. The van der Waals surface area contributed by atoms with Crippen molar-refractivity contribution in [1.82, 2.24) is 14.8 Å². The molecule has 1 aromatic carbocycles. The van der Waals surface area contributed by atoms with Crippen molar-refractivity contribution < 1.29 is 14.3 Å². The van der Waals surface area contributed by atoms with Crippen molar-refractivity contribution in [3.8, 4) is 11.5 Å². The number of amides is 1. The second kappa shape index (κ2) is 6.74. The van der Waals surface area contributed by atoms with E-state index >= 15 is 0 Å². The SMILES string of the molecule is C[C@@H](Sc1nnc(C2CC2)n1C1CC1)C(=O)Nc1ccc2c(c1)OCCO2. The zero-order valence-corrected chi connectivity index (χ0v) is 16.0. The third-order valence-corrected chi connectivity index (χ3v) is 6.06. The summed E-state index contributed by atoms with van der Waals surface area (Å²) >= 11 is 1.48. The van der Waals surface area contributed by atoms with Gasteiger partial charge in [0.05, 0.1) is 5.25 Å². The maximum atomic E-state index is 12.7. The van der Waals surface area contributed by atoms with Crippen LogP contribution in [0, 0.1) is 0 Å². The summed E-state index contributed by atoms with van der Waals surface area (Å²) < 4.78 is 13.4. The summed E-state index contributed by atoms with van der Waals surface area (Å²) in [6.45, 7) is 2.98. The second-order valence-electron chi connectivity index (χ2n) is 7.32. The number of carbonyl (C=O) groups excluding carboxylic acids is 1. The molecule has 142 valence electrons. The Balaban J connectivity index is 1.27. The molecule has 1 aliphatic heterocycles. The van der Waals surface area contributed by atoms with Gasteiger partial charge in [0.1, 0.15) is 19.0 Å². The molecule has 1 amide bonds. The Morgan fingerprint density at radius 3 is 2.70 bits per heavy atom. The van der Waals surface area contributed by atoms with E-state index in [1.165, 1.54) is 37.4 Å². The number of carbonyl (C=O) groups is 1. The van der Waals surface area contributed by atoms with Crippen molar-refractivity contribution in [1.29, 1.82) is 0 Å². The van der Waals surface area contributed by atoms with Crippen LogP contribution in [0.5, 0.6) is 11.5 Å². The van der Waals surface area contributed by atoms with Crippen LogP contribution in [-0.2, 0) is 4.79 Å². The predicted molar refractivity (Wildman–Crippen MR) is 102 cm³/mol. The Hall–Kier alpha value is -2.22. The van der Waals surface area contributed by atoms with E-state index in [4.69, 9.17) is 9.47 Å². The van der Waals surface area contributed by atoms with Gasteiger partial charge in [0.25, 0.3) is 0 Å². The van der Waals surface area contributed by atoms with E-state index in [0.717, 1.165) is 11.0 Å². The van der Waals surface area contributed by atoms with Crippen LogP contribution in [-0.4, -0.2) is 39.1 Å². The minimum absolute atomic E-state index is 0.0602. The summed E-state index contributed by atoms with van der Waals surface area (Å²) in [6, 6.07) is 5.99. The van der Waals surface area contributed by atoms with Gasteiger partial charge in [0.2, 0.25) is 5.91 Å². The second-order valence-corrected chi connectivity index (χ2v) is 8.63. The average molecular weight is 386 g/mol. The van der Waals surface area contributed by atoms with Crippen molar-refractivity contribution in [2.45, 2.75) is 55.0 Å². The zero-order valence-electron chi connectivity index (χ0n) is 15.2. The molecule has 7 nitrogen and oxygen atoms in total. The topological polar surface area (TPSA) is 78.3 Å². The molecule has 2 fully saturated rings. The van der Waals surface area contributed by atoms with Crippen LogP contribution in [0.4, 0.5) is 5.69 Å². The molecule has 2 aromatic rings. The van der Waals surface area contributed by atoms with Gasteiger partial charge in [-0.25, -0.2) is 0 Å². The maximum Gasteiger partial charge on any atom is 0.237 e. The summed E-state index contributed by atoms with van der Waals surface area (Å²) in [5.74, 6) is 3.00. The Kier molecular flexibility index (Phi) is 4.22. The van der Waals surface area contributed by atoms with Gasteiger partial charge in [-0.05, 0) is 44.7 Å². The summed E-state index contributed by atoms with van der Waals surface area (Å²) in [4.78, 5) is 12.7. The van der Waals surface area contributed by atoms with Crippen LogP contribution in [0.3, 0.4) is 0 Å². The summed E-state index contributed by atoms with van der Waals surface area (Å²) in [7, 11) is 0. The average Bonchev–Trinajstić information content (AvgIpc) is 3.60. The van der Waals surface area contributed by atoms with Crippen LogP contribution in [0.2, 0.25) is 0 Å². The van der Waals surface area contributed by atoms with Gasteiger partial charge in [0.15, 0.2) is 16.7 Å². The number of hydrogen-bond donors (Lipinski definition) is 1. The number of nitrogens with one attached hydrogen (secondary N) is 1. The molecular weight excluding hydrogens is 364 g/mol. The lowest BCUT2D eigenvalue weighted by atomic mass is 10.2. The van der Waals surface area contributed by atoms with Gasteiger partial charge in [-0.2, -0.15) is 0 Å². The smallest absolute Gasteiger partial charge is 0.237 e. The predicted octanol–water partition coefficient (Wildman–Crippen LogP) is 3.38. The molecule has 0 unspecified atom stereocenters. The Morgan fingerprint density at radius 1 is 1.19 bits per heavy atom. The van der Waals surface area contributed by atoms with Crippen molar-refractivity contribution in [2.24, 2.45) is 0 Å². The highest BCUT2D eigenvalue weighted by Crippen LogP contribution is 2.46. The van der Waals surface area contributed by atoms with E-state index in [1.807, 2.05) is 25.1 Å². The highest BCUT2D eigenvalue weighted by Gasteiger charge is 2.37. The molecule has 1 atom stereocenters. The number of thioether (sulfide) groups is 1. The monoisotopic (exact) mass is 386 g/mol. The third kappa shape index (κ3) is 3.50. The highest BCUT2D eigenvalue weighted by atomic mass is 32.2.